The zero-order valence-corrected chi connectivity index (χ0v) is 29.8. The summed E-state index contributed by atoms with van der Waals surface area (Å²) in [6.45, 7) is 17.2. The van der Waals surface area contributed by atoms with Gasteiger partial charge in [-0.05, 0) is 64.8 Å². The van der Waals surface area contributed by atoms with Crippen molar-refractivity contribution in [3.63, 3.8) is 0 Å². The summed E-state index contributed by atoms with van der Waals surface area (Å²) in [5.41, 5.74) is 8.15. The number of benzene rings is 3. The van der Waals surface area contributed by atoms with Crippen molar-refractivity contribution < 1.29 is 14.2 Å². The minimum absolute atomic E-state index is 0.0932. The standard InChI is InChI=1S/C44H40N4O2/c1-25(2)47-34-19-13-11-17-32(34)43(5,6)36(47)21-30-39(40-38(27(23-45)24-46)28-15-9-10-16-29(28)42(40)50)31(41(30)49)22-37-44(7,8)33-18-12-14-20-35(33)48(37)26(3)4/h9-22,25-26H,1-8H3. The lowest BCUT2D eigenvalue weighted by molar-refractivity contribution is -0.472. The normalized spacial score (nSPS) is 20.1. The van der Waals surface area contributed by atoms with Crippen molar-refractivity contribution in [2.24, 2.45) is 0 Å². The molecule has 0 bridgehead atoms. The summed E-state index contributed by atoms with van der Waals surface area (Å²) >= 11 is 0. The Morgan fingerprint density at radius 2 is 1.42 bits per heavy atom. The van der Waals surface area contributed by atoms with Crippen LogP contribution in [0.2, 0.25) is 0 Å². The summed E-state index contributed by atoms with van der Waals surface area (Å²) in [4.78, 5) is 31.5. The van der Waals surface area contributed by atoms with Crippen LogP contribution >= 0.6 is 0 Å². The first-order chi connectivity index (χ1) is 23.8. The van der Waals surface area contributed by atoms with E-state index in [1.807, 2.05) is 36.4 Å². The number of carbonyl (C=O) groups excluding carboxylic acids is 2. The minimum Gasteiger partial charge on any atom is -0.762 e. The van der Waals surface area contributed by atoms with Gasteiger partial charge in [-0.1, -0.05) is 74.5 Å². The maximum Gasteiger partial charge on any atom is 0.209 e. The number of para-hydroxylation sites is 2. The van der Waals surface area contributed by atoms with Crippen molar-refractivity contribution in [1.82, 2.24) is 0 Å². The molecular formula is C44H40N4O2. The van der Waals surface area contributed by atoms with Gasteiger partial charge in [-0.15, -0.1) is 0 Å². The highest BCUT2D eigenvalue weighted by Gasteiger charge is 2.50. The number of Topliss-reactive ketones (excluding diaryl/α,β-unsaturated/α-hetero) is 2. The van der Waals surface area contributed by atoms with Gasteiger partial charge in [0.05, 0.1) is 11.0 Å². The summed E-state index contributed by atoms with van der Waals surface area (Å²) in [5.74, 6) is 1.59. The number of hydrogen-bond donors (Lipinski definition) is 0. The van der Waals surface area contributed by atoms with Gasteiger partial charge < -0.3 is 10.3 Å². The van der Waals surface area contributed by atoms with E-state index in [-0.39, 0.29) is 40.4 Å². The van der Waals surface area contributed by atoms with Crippen molar-refractivity contribution in [2.45, 2.75) is 78.3 Å². The molecule has 0 spiro atoms. The van der Waals surface area contributed by atoms with E-state index in [9.17, 15) is 20.3 Å². The molecule has 0 radical (unpaired) electrons. The highest BCUT2D eigenvalue weighted by molar-refractivity contribution is 6.35. The molecule has 0 amide bonds. The van der Waals surface area contributed by atoms with Crippen molar-refractivity contribution >= 4 is 40.1 Å². The number of allylic oxidation sites excluding steroid dienone is 9. The van der Waals surface area contributed by atoms with Crippen LogP contribution < -0.4 is 4.90 Å². The molecule has 7 rings (SSSR count). The summed E-state index contributed by atoms with van der Waals surface area (Å²) in [5, 5.41) is 20.4. The molecule has 2 heterocycles. The van der Waals surface area contributed by atoms with Crippen molar-refractivity contribution in [1.29, 1.82) is 5.26 Å². The second kappa shape index (κ2) is 11.5. The number of nitrogens with zero attached hydrogens (tertiary/aromatic N) is 4. The first-order valence-corrected chi connectivity index (χ1v) is 17.2. The maximum atomic E-state index is 14.7. The first kappa shape index (κ1) is 32.9. The summed E-state index contributed by atoms with van der Waals surface area (Å²) in [6.07, 6.45) is 3.90. The summed E-state index contributed by atoms with van der Waals surface area (Å²) in [7, 11) is 0. The molecule has 2 aliphatic carbocycles. The topological polar surface area (TPSA) is 86.5 Å². The van der Waals surface area contributed by atoms with Gasteiger partial charge in [-0.3, -0.25) is 9.59 Å². The van der Waals surface area contributed by atoms with Gasteiger partial charge in [-0.2, -0.15) is 9.84 Å². The zero-order chi connectivity index (χ0) is 35.9. The Kier molecular flexibility index (Phi) is 7.55. The van der Waals surface area contributed by atoms with E-state index >= 15 is 0 Å². The van der Waals surface area contributed by atoms with E-state index < -0.39 is 10.8 Å². The molecule has 0 aromatic heterocycles. The zero-order valence-electron chi connectivity index (χ0n) is 29.8. The Labute approximate surface area is 294 Å². The van der Waals surface area contributed by atoms with Gasteiger partial charge in [0.25, 0.3) is 0 Å². The van der Waals surface area contributed by atoms with Gasteiger partial charge in [0.2, 0.25) is 5.69 Å². The first-order valence-electron chi connectivity index (χ1n) is 17.2. The molecule has 0 saturated heterocycles. The Morgan fingerprint density at radius 3 is 2.06 bits per heavy atom. The molecule has 0 unspecified atom stereocenters. The molecule has 50 heavy (non-hydrogen) atoms. The summed E-state index contributed by atoms with van der Waals surface area (Å²) < 4.78 is 2.27. The van der Waals surface area contributed by atoms with Gasteiger partial charge >= 0.3 is 0 Å². The third-order valence-corrected chi connectivity index (χ3v) is 10.7. The van der Waals surface area contributed by atoms with E-state index in [2.05, 4.69) is 101 Å². The number of anilines is 1. The van der Waals surface area contributed by atoms with Crippen LogP contribution in [0.5, 0.6) is 0 Å². The predicted octanol–water partition coefficient (Wildman–Crippen LogP) is 8.71. The smallest absolute Gasteiger partial charge is 0.209 e. The molecule has 3 aromatic carbocycles. The number of rotatable bonds is 6. The Hall–Kier alpha value is -5.63. The average molecular weight is 657 g/mol. The van der Waals surface area contributed by atoms with E-state index in [0.29, 0.717) is 27.8 Å². The Bertz CT molecular complexity index is 2320. The van der Waals surface area contributed by atoms with Crippen LogP contribution in [0.1, 0.15) is 82.4 Å². The highest BCUT2D eigenvalue weighted by atomic mass is 16.1. The predicted molar refractivity (Wildman–Crippen MR) is 200 cm³/mol. The molecule has 248 valence electrons. The SMILES string of the molecule is CC(C)N1/C(=C/C2=C(C3=C(C(=C=[N-])C#N)c4ccccc4C3=O)C(=C/C3=[N+](C(C)C)c4ccccc4C3(C)C)/C2=O)C(C)(C)c2ccccc21. The lowest BCUT2D eigenvalue weighted by Crippen LogP contribution is -2.35. The fourth-order valence-corrected chi connectivity index (χ4v) is 8.36. The third-order valence-electron chi connectivity index (χ3n) is 10.7. The fourth-order valence-electron chi connectivity index (χ4n) is 8.36. The lowest BCUT2D eigenvalue weighted by atomic mass is 9.71. The van der Waals surface area contributed by atoms with Gasteiger partial charge in [0, 0.05) is 74.0 Å². The molecule has 4 aliphatic rings. The molecule has 0 fully saturated rings. The molecule has 2 aliphatic heterocycles. The van der Waals surface area contributed by atoms with Crippen LogP contribution in [0.3, 0.4) is 0 Å². The number of ketones is 2. The number of carbonyl (C=O) groups is 2. The second-order valence-electron chi connectivity index (χ2n) is 15.0. The van der Waals surface area contributed by atoms with Crippen LogP contribution in [0.25, 0.3) is 11.0 Å². The largest absolute Gasteiger partial charge is 0.762 e. The molecule has 3 aromatic rings. The number of nitriles is 1. The Balaban J connectivity index is 1.56. The number of hydrogen-bond acceptors (Lipinski definition) is 4. The van der Waals surface area contributed by atoms with Gasteiger partial charge in [-0.25, -0.2) is 5.87 Å². The van der Waals surface area contributed by atoms with Crippen LogP contribution in [0, 0.1) is 11.3 Å². The van der Waals surface area contributed by atoms with Crippen molar-refractivity contribution in [2.75, 3.05) is 4.90 Å². The fraction of sp³-hybridized carbons (Fsp3) is 0.273. The maximum absolute atomic E-state index is 14.7. The molecule has 0 N–H and O–H groups in total. The highest BCUT2D eigenvalue weighted by Crippen LogP contribution is 2.52. The molecule has 6 nitrogen and oxygen atoms in total. The molecule has 0 saturated carbocycles. The molecule has 0 atom stereocenters. The van der Waals surface area contributed by atoms with Crippen LogP contribution in [0.15, 0.2) is 119 Å². The number of fused-ring (bicyclic) bond motifs is 3. The minimum atomic E-state index is -0.437. The van der Waals surface area contributed by atoms with E-state index in [0.717, 1.165) is 33.9 Å². The monoisotopic (exact) mass is 656 g/mol. The van der Waals surface area contributed by atoms with Crippen LogP contribution in [0.4, 0.5) is 11.4 Å². The van der Waals surface area contributed by atoms with Gasteiger partial charge in [0.15, 0.2) is 23.3 Å². The van der Waals surface area contributed by atoms with Crippen molar-refractivity contribution in [3.05, 3.63) is 146 Å². The second-order valence-corrected chi connectivity index (χ2v) is 15.0. The van der Waals surface area contributed by atoms with Crippen LogP contribution in [-0.2, 0) is 15.6 Å². The van der Waals surface area contributed by atoms with Crippen molar-refractivity contribution in [3.8, 4) is 6.07 Å². The lowest BCUT2D eigenvalue weighted by Gasteiger charge is -2.33. The molecule has 6 heteroatoms. The molecular weight excluding hydrogens is 617 g/mol. The Morgan fingerprint density at radius 1 is 0.800 bits per heavy atom. The summed E-state index contributed by atoms with van der Waals surface area (Å²) in [6, 6.07) is 25.9. The van der Waals surface area contributed by atoms with Crippen LogP contribution in [-0.4, -0.2) is 39.8 Å². The quantitative estimate of drug-likeness (QED) is 0.115. The van der Waals surface area contributed by atoms with E-state index in [4.69, 9.17) is 0 Å². The van der Waals surface area contributed by atoms with Gasteiger partial charge in [0.1, 0.15) is 6.07 Å². The van der Waals surface area contributed by atoms with E-state index in [1.54, 1.807) is 24.3 Å². The van der Waals surface area contributed by atoms with E-state index in [1.165, 1.54) is 0 Å². The third kappa shape index (κ3) is 4.47. The average Bonchev–Trinajstić information content (AvgIpc) is 3.60.